The minimum absolute atomic E-state index is 0.639. The van der Waals surface area contributed by atoms with Crippen molar-refractivity contribution in [3.05, 3.63) is 77.7 Å². The molecular formula is C20H16N2S2. The third kappa shape index (κ3) is 3.11. The molecule has 0 aliphatic rings. The molecule has 4 heteroatoms. The van der Waals surface area contributed by atoms with Crippen LogP contribution in [0, 0.1) is 0 Å². The lowest BCUT2D eigenvalue weighted by atomic mass is 10.1. The Hall–Kier alpha value is -2.43. The van der Waals surface area contributed by atoms with Gasteiger partial charge in [0, 0.05) is 16.9 Å². The molecule has 0 saturated carbocycles. The summed E-state index contributed by atoms with van der Waals surface area (Å²) in [5, 5.41) is 13.1. The fourth-order valence-electron chi connectivity index (χ4n) is 2.79. The highest BCUT2D eigenvalue weighted by Gasteiger charge is 2.04. The molecule has 4 rings (SSSR count). The van der Waals surface area contributed by atoms with Gasteiger partial charge in [0.1, 0.15) is 0 Å². The monoisotopic (exact) mass is 348 g/mol. The molecular weight excluding hydrogens is 332 g/mol. The van der Waals surface area contributed by atoms with Gasteiger partial charge in [0.25, 0.3) is 0 Å². The first-order chi connectivity index (χ1) is 11.8. The number of rotatable bonds is 3. The van der Waals surface area contributed by atoms with Crippen molar-refractivity contribution in [3.8, 4) is 0 Å². The lowest BCUT2D eigenvalue weighted by molar-refractivity contribution is 0.938. The van der Waals surface area contributed by atoms with Gasteiger partial charge in [-0.1, -0.05) is 48.5 Å². The van der Waals surface area contributed by atoms with Gasteiger partial charge in [0.15, 0.2) is 5.11 Å². The molecule has 118 valence electrons. The van der Waals surface area contributed by atoms with Gasteiger partial charge in [0.2, 0.25) is 0 Å². The maximum absolute atomic E-state index is 5.44. The van der Waals surface area contributed by atoms with Crippen LogP contribution in [0.5, 0.6) is 0 Å². The van der Waals surface area contributed by atoms with Crippen molar-refractivity contribution in [2.45, 2.75) is 6.54 Å². The van der Waals surface area contributed by atoms with E-state index in [1.165, 1.54) is 26.4 Å². The molecule has 0 atom stereocenters. The summed E-state index contributed by atoms with van der Waals surface area (Å²) in [5.41, 5.74) is 2.28. The van der Waals surface area contributed by atoms with Crippen molar-refractivity contribution in [2.75, 3.05) is 5.32 Å². The fraction of sp³-hybridized carbons (Fsp3) is 0.0500. The molecule has 0 saturated heterocycles. The SMILES string of the molecule is S=C(NCc1csc2ccccc12)Nc1ccc2ccccc2c1. The van der Waals surface area contributed by atoms with Crippen molar-refractivity contribution >= 4 is 55.2 Å². The van der Waals surface area contributed by atoms with Crippen molar-refractivity contribution in [1.82, 2.24) is 5.32 Å². The van der Waals surface area contributed by atoms with Crippen LogP contribution in [0.3, 0.4) is 0 Å². The average Bonchev–Trinajstić information content (AvgIpc) is 3.03. The zero-order chi connectivity index (χ0) is 16.4. The van der Waals surface area contributed by atoms with Gasteiger partial charge in [-0.25, -0.2) is 0 Å². The van der Waals surface area contributed by atoms with Crippen LogP contribution in [0.2, 0.25) is 0 Å². The Bertz CT molecular complexity index is 1020. The van der Waals surface area contributed by atoms with Crippen LogP contribution in [-0.2, 0) is 6.54 Å². The molecule has 0 fully saturated rings. The maximum atomic E-state index is 5.44. The van der Waals surface area contributed by atoms with E-state index in [0.29, 0.717) is 5.11 Å². The lowest BCUT2D eigenvalue weighted by Gasteiger charge is -2.11. The zero-order valence-corrected chi connectivity index (χ0v) is 14.6. The predicted octanol–water partition coefficient (Wildman–Crippen LogP) is 5.54. The number of thiophene rings is 1. The molecule has 0 radical (unpaired) electrons. The molecule has 2 N–H and O–H groups in total. The molecule has 24 heavy (non-hydrogen) atoms. The standard InChI is InChI=1S/C20H16N2S2/c23-20(21-12-16-13-24-19-8-4-3-7-18(16)19)22-17-10-9-14-5-1-2-6-15(14)11-17/h1-11,13H,12H2,(H2,21,22,23). The molecule has 0 spiro atoms. The third-order valence-corrected chi connectivity index (χ3v) is 5.27. The Morgan fingerprint density at radius 1 is 0.917 bits per heavy atom. The van der Waals surface area contributed by atoms with E-state index in [4.69, 9.17) is 12.2 Å². The topological polar surface area (TPSA) is 24.1 Å². The summed E-state index contributed by atoms with van der Waals surface area (Å²) in [5.74, 6) is 0. The van der Waals surface area contributed by atoms with Crippen LogP contribution in [0.15, 0.2) is 72.1 Å². The van der Waals surface area contributed by atoms with Gasteiger partial charge in [0.05, 0.1) is 0 Å². The van der Waals surface area contributed by atoms with Crippen LogP contribution < -0.4 is 10.6 Å². The summed E-state index contributed by atoms with van der Waals surface area (Å²) in [7, 11) is 0. The second-order valence-corrected chi connectivity index (χ2v) is 6.95. The van der Waals surface area contributed by atoms with Crippen LogP contribution >= 0.6 is 23.6 Å². The normalized spacial score (nSPS) is 10.8. The Morgan fingerprint density at radius 2 is 1.71 bits per heavy atom. The van der Waals surface area contributed by atoms with E-state index < -0.39 is 0 Å². The van der Waals surface area contributed by atoms with Crippen LogP contribution in [0.4, 0.5) is 5.69 Å². The summed E-state index contributed by atoms with van der Waals surface area (Å²) >= 11 is 7.20. The molecule has 0 aliphatic heterocycles. The maximum Gasteiger partial charge on any atom is 0.171 e. The summed E-state index contributed by atoms with van der Waals surface area (Å²) in [4.78, 5) is 0. The summed E-state index contributed by atoms with van der Waals surface area (Å²) < 4.78 is 1.31. The quantitative estimate of drug-likeness (QED) is 0.475. The minimum Gasteiger partial charge on any atom is -0.358 e. The first kappa shape index (κ1) is 15.1. The van der Waals surface area contributed by atoms with E-state index in [0.717, 1.165) is 12.2 Å². The van der Waals surface area contributed by atoms with Gasteiger partial charge < -0.3 is 10.6 Å². The zero-order valence-electron chi connectivity index (χ0n) is 13.0. The number of anilines is 1. The van der Waals surface area contributed by atoms with Gasteiger partial charge in [-0.2, -0.15) is 0 Å². The number of hydrogen-bond acceptors (Lipinski definition) is 2. The third-order valence-electron chi connectivity index (χ3n) is 4.01. The van der Waals surface area contributed by atoms with Crippen LogP contribution in [0.1, 0.15) is 5.56 Å². The smallest absolute Gasteiger partial charge is 0.171 e. The van der Waals surface area contributed by atoms with Gasteiger partial charge >= 0.3 is 0 Å². The van der Waals surface area contributed by atoms with E-state index in [9.17, 15) is 0 Å². The Kier molecular flexibility index (Phi) is 4.15. The molecule has 1 heterocycles. The highest BCUT2D eigenvalue weighted by atomic mass is 32.1. The molecule has 3 aromatic carbocycles. The number of hydrogen-bond donors (Lipinski definition) is 2. The van der Waals surface area contributed by atoms with E-state index in [1.54, 1.807) is 11.3 Å². The minimum atomic E-state index is 0.639. The summed E-state index contributed by atoms with van der Waals surface area (Å²) in [6.07, 6.45) is 0. The van der Waals surface area contributed by atoms with Gasteiger partial charge in [-0.05, 0) is 57.5 Å². The number of fused-ring (bicyclic) bond motifs is 2. The van der Waals surface area contributed by atoms with Crippen LogP contribution in [0.25, 0.3) is 20.9 Å². The molecule has 1 aromatic heterocycles. The van der Waals surface area contributed by atoms with Crippen molar-refractivity contribution in [1.29, 1.82) is 0 Å². The van der Waals surface area contributed by atoms with Gasteiger partial charge in [-0.3, -0.25) is 0 Å². The summed E-state index contributed by atoms with van der Waals surface area (Å²) in [6, 6.07) is 23.0. The van der Waals surface area contributed by atoms with Crippen molar-refractivity contribution in [3.63, 3.8) is 0 Å². The molecule has 2 nitrogen and oxygen atoms in total. The van der Waals surface area contributed by atoms with Crippen LogP contribution in [-0.4, -0.2) is 5.11 Å². The second-order valence-electron chi connectivity index (χ2n) is 5.63. The Labute approximate surface area is 150 Å². The highest BCUT2D eigenvalue weighted by molar-refractivity contribution is 7.80. The number of nitrogens with one attached hydrogen (secondary N) is 2. The van der Waals surface area contributed by atoms with E-state index in [2.05, 4.69) is 70.6 Å². The Balaban J connectivity index is 1.44. The molecule has 0 unspecified atom stereocenters. The predicted molar refractivity (Wildman–Crippen MR) is 109 cm³/mol. The lowest BCUT2D eigenvalue weighted by Crippen LogP contribution is -2.27. The van der Waals surface area contributed by atoms with E-state index >= 15 is 0 Å². The second kappa shape index (κ2) is 6.59. The van der Waals surface area contributed by atoms with Gasteiger partial charge in [-0.15, -0.1) is 11.3 Å². The molecule has 0 aliphatic carbocycles. The van der Waals surface area contributed by atoms with Crippen molar-refractivity contribution < 1.29 is 0 Å². The first-order valence-corrected chi connectivity index (χ1v) is 9.07. The first-order valence-electron chi connectivity index (χ1n) is 7.78. The Morgan fingerprint density at radius 3 is 2.62 bits per heavy atom. The largest absolute Gasteiger partial charge is 0.358 e. The molecule has 0 bridgehead atoms. The number of thiocarbonyl (C=S) groups is 1. The van der Waals surface area contributed by atoms with Crippen molar-refractivity contribution in [2.24, 2.45) is 0 Å². The fourth-order valence-corrected chi connectivity index (χ4v) is 3.94. The highest BCUT2D eigenvalue weighted by Crippen LogP contribution is 2.25. The number of benzene rings is 3. The summed E-state index contributed by atoms with van der Waals surface area (Å²) in [6.45, 7) is 0.726. The molecule has 4 aromatic rings. The average molecular weight is 348 g/mol. The van der Waals surface area contributed by atoms with E-state index in [-0.39, 0.29) is 0 Å². The van der Waals surface area contributed by atoms with E-state index in [1.807, 2.05) is 12.1 Å². The molecule has 0 amide bonds.